The van der Waals surface area contributed by atoms with E-state index in [0.717, 1.165) is 32.2 Å². The molecule has 3 N–H and O–H groups in total. The molecule has 16 heavy (non-hydrogen) atoms. The number of nitrogens with one attached hydrogen (secondary N) is 1. The average molecular weight is 227 g/mol. The Balaban J connectivity index is 2.38. The molecule has 0 bridgehead atoms. The summed E-state index contributed by atoms with van der Waals surface area (Å²) in [6.45, 7) is 4.14. The van der Waals surface area contributed by atoms with Crippen molar-refractivity contribution in [1.29, 1.82) is 0 Å². The highest BCUT2D eigenvalue weighted by molar-refractivity contribution is 5.74. The zero-order valence-electron chi connectivity index (χ0n) is 10.4. The maximum absolute atomic E-state index is 12.0. The van der Waals surface area contributed by atoms with Crippen LogP contribution in [0.4, 0.5) is 4.79 Å². The second-order valence-corrected chi connectivity index (χ2v) is 4.51. The Bertz CT molecular complexity index is 202. The van der Waals surface area contributed by atoms with E-state index in [1.54, 1.807) is 0 Å². The molecule has 0 aromatic rings. The first kappa shape index (κ1) is 13.3. The number of nitrogens with zero attached hydrogens (tertiary/aromatic N) is 1. The summed E-state index contributed by atoms with van der Waals surface area (Å²) >= 11 is 0. The molecule has 0 heterocycles. The average Bonchev–Trinajstić information content (AvgIpc) is 2.79. The van der Waals surface area contributed by atoms with Crippen LogP contribution < -0.4 is 11.1 Å². The molecule has 0 aromatic heterocycles. The molecule has 0 aliphatic heterocycles. The van der Waals surface area contributed by atoms with Gasteiger partial charge in [0.2, 0.25) is 0 Å². The van der Waals surface area contributed by atoms with E-state index in [1.165, 1.54) is 12.8 Å². The zero-order chi connectivity index (χ0) is 11.8. The Kier molecular flexibility index (Phi) is 6.23. The SMILES string of the molecule is CCCCNC(=O)N(CCN)C1CCCC1. The summed E-state index contributed by atoms with van der Waals surface area (Å²) in [5.74, 6) is 0. The molecule has 94 valence electrons. The zero-order valence-corrected chi connectivity index (χ0v) is 10.4. The lowest BCUT2D eigenvalue weighted by Gasteiger charge is -2.28. The van der Waals surface area contributed by atoms with Crippen LogP contribution in [0.1, 0.15) is 45.4 Å². The van der Waals surface area contributed by atoms with Crippen molar-refractivity contribution < 1.29 is 4.79 Å². The van der Waals surface area contributed by atoms with Gasteiger partial charge in [-0.1, -0.05) is 26.2 Å². The van der Waals surface area contributed by atoms with E-state index in [-0.39, 0.29) is 6.03 Å². The predicted molar refractivity (Wildman–Crippen MR) is 66.3 cm³/mol. The fraction of sp³-hybridized carbons (Fsp3) is 0.917. The summed E-state index contributed by atoms with van der Waals surface area (Å²) in [6, 6.07) is 0.496. The third kappa shape index (κ3) is 4.00. The van der Waals surface area contributed by atoms with Gasteiger partial charge in [-0.3, -0.25) is 0 Å². The van der Waals surface area contributed by atoms with Crippen molar-refractivity contribution in [2.75, 3.05) is 19.6 Å². The molecule has 1 aliphatic rings. The van der Waals surface area contributed by atoms with Crippen molar-refractivity contribution in [3.8, 4) is 0 Å². The van der Waals surface area contributed by atoms with Gasteiger partial charge in [-0.2, -0.15) is 0 Å². The maximum atomic E-state index is 12.0. The van der Waals surface area contributed by atoms with Crippen LogP contribution in [0, 0.1) is 0 Å². The Morgan fingerprint density at radius 2 is 2.12 bits per heavy atom. The number of rotatable bonds is 6. The first-order chi connectivity index (χ1) is 7.79. The van der Waals surface area contributed by atoms with Gasteiger partial charge in [0.25, 0.3) is 0 Å². The molecular formula is C12H25N3O. The Hall–Kier alpha value is -0.770. The summed E-state index contributed by atoms with van der Waals surface area (Å²) in [4.78, 5) is 13.9. The van der Waals surface area contributed by atoms with Gasteiger partial charge in [0.15, 0.2) is 0 Å². The van der Waals surface area contributed by atoms with Gasteiger partial charge >= 0.3 is 6.03 Å². The van der Waals surface area contributed by atoms with E-state index < -0.39 is 0 Å². The Morgan fingerprint density at radius 1 is 1.44 bits per heavy atom. The Morgan fingerprint density at radius 3 is 2.69 bits per heavy atom. The molecule has 0 atom stereocenters. The third-order valence-corrected chi connectivity index (χ3v) is 3.20. The summed E-state index contributed by atoms with van der Waals surface area (Å²) in [6.07, 6.45) is 6.93. The van der Waals surface area contributed by atoms with Crippen LogP contribution in [0.2, 0.25) is 0 Å². The summed E-state index contributed by atoms with van der Waals surface area (Å²) in [5, 5.41) is 2.98. The normalized spacial score (nSPS) is 16.4. The highest BCUT2D eigenvalue weighted by Gasteiger charge is 2.25. The topological polar surface area (TPSA) is 58.4 Å². The Labute approximate surface area is 98.6 Å². The molecule has 1 rings (SSSR count). The number of hydrogen-bond acceptors (Lipinski definition) is 2. The molecule has 1 fully saturated rings. The molecule has 1 saturated carbocycles. The molecule has 2 amide bonds. The van der Waals surface area contributed by atoms with E-state index in [2.05, 4.69) is 12.2 Å². The van der Waals surface area contributed by atoms with Crippen LogP contribution >= 0.6 is 0 Å². The van der Waals surface area contributed by atoms with Crippen LogP contribution in [-0.2, 0) is 0 Å². The van der Waals surface area contributed by atoms with Crippen molar-refractivity contribution >= 4 is 6.03 Å². The number of nitrogens with two attached hydrogens (primary N) is 1. The number of hydrogen-bond donors (Lipinski definition) is 2. The van der Waals surface area contributed by atoms with Gasteiger partial charge in [-0.05, 0) is 19.3 Å². The van der Waals surface area contributed by atoms with Crippen LogP contribution in [0.5, 0.6) is 0 Å². The quantitative estimate of drug-likeness (QED) is 0.679. The highest BCUT2D eigenvalue weighted by atomic mass is 16.2. The van der Waals surface area contributed by atoms with Crippen LogP contribution in [0.15, 0.2) is 0 Å². The van der Waals surface area contributed by atoms with Crippen molar-refractivity contribution in [2.45, 2.75) is 51.5 Å². The van der Waals surface area contributed by atoms with E-state index in [0.29, 0.717) is 19.1 Å². The molecule has 0 radical (unpaired) electrons. The molecule has 0 spiro atoms. The van der Waals surface area contributed by atoms with Crippen molar-refractivity contribution in [1.82, 2.24) is 10.2 Å². The van der Waals surface area contributed by atoms with Gasteiger partial charge < -0.3 is 16.0 Å². The number of amides is 2. The minimum Gasteiger partial charge on any atom is -0.338 e. The number of carbonyl (C=O) groups excluding carboxylic acids is 1. The van der Waals surface area contributed by atoms with Crippen LogP contribution in [0.3, 0.4) is 0 Å². The minimum atomic E-state index is 0.0748. The smallest absolute Gasteiger partial charge is 0.317 e. The van der Waals surface area contributed by atoms with Gasteiger partial charge in [-0.15, -0.1) is 0 Å². The summed E-state index contributed by atoms with van der Waals surface area (Å²) < 4.78 is 0. The number of unbranched alkanes of at least 4 members (excludes halogenated alkanes) is 1. The van der Waals surface area contributed by atoms with Crippen molar-refractivity contribution in [2.24, 2.45) is 5.73 Å². The first-order valence-corrected chi connectivity index (χ1v) is 6.54. The second-order valence-electron chi connectivity index (χ2n) is 4.51. The van der Waals surface area contributed by atoms with E-state index in [1.807, 2.05) is 4.90 Å². The molecule has 0 saturated heterocycles. The maximum Gasteiger partial charge on any atom is 0.317 e. The van der Waals surface area contributed by atoms with Gasteiger partial charge in [-0.25, -0.2) is 4.79 Å². The van der Waals surface area contributed by atoms with E-state index in [9.17, 15) is 4.79 Å². The van der Waals surface area contributed by atoms with Crippen molar-refractivity contribution in [3.63, 3.8) is 0 Å². The number of urea groups is 1. The van der Waals surface area contributed by atoms with Gasteiger partial charge in [0.1, 0.15) is 0 Å². The molecule has 0 unspecified atom stereocenters. The largest absolute Gasteiger partial charge is 0.338 e. The van der Waals surface area contributed by atoms with Crippen LogP contribution in [0.25, 0.3) is 0 Å². The van der Waals surface area contributed by atoms with Gasteiger partial charge in [0.05, 0.1) is 0 Å². The molecule has 4 nitrogen and oxygen atoms in total. The van der Waals surface area contributed by atoms with Gasteiger partial charge in [0, 0.05) is 25.7 Å². The summed E-state index contributed by atoms with van der Waals surface area (Å²) in [7, 11) is 0. The first-order valence-electron chi connectivity index (χ1n) is 6.54. The highest BCUT2D eigenvalue weighted by Crippen LogP contribution is 2.23. The van der Waals surface area contributed by atoms with Crippen LogP contribution in [-0.4, -0.2) is 36.6 Å². The molecule has 4 heteroatoms. The fourth-order valence-electron chi connectivity index (χ4n) is 2.28. The molecular weight excluding hydrogens is 202 g/mol. The number of carbonyl (C=O) groups is 1. The fourth-order valence-corrected chi connectivity index (χ4v) is 2.28. The second kappa shape index (κ2) is 7.49. The summed E-state index contributed by atoms with van der Waals surface area (Å²) in [5.41, 5.74) is 5.57. The molecule has 0 aromatic carbocycles. The minimum absolute atomic E-state index is 0.0748. The van der Waals surface area contributed by atoms with E-state index in [4.69, 9.17) is 5.73 Å². The van der Waals surface area contributed by atoms with Crippen molar-refractivity contribution in [3.05, 3.63) is 0 Å². The lowest BCUT2D eigenvalue weighted by atomic mass is 10.2. The van der Waals surface area contributed by atoms with E-state index >= 15 is 0 Å². The molecule has 1 aliphatic carbocycles. The third-order valence-electron chi connectivity index (χ3n) is 3.20. The lowest BCUT2D eigenvalue weighted by molar-refractivity contribution is 0.177. The predicted octanol–water partition coefficient (Wildman–Crippen LogP) is 1.70. The lowest BCUT2D eigenvalue weighted by Crippen LogP contribution is -2.47. The standard InChI is InChI=1S/C12H25N3O/c1-2-3-9-14-12(16)15(10-8-13)11-6-4-5-7-11/h11H,2-10,13H2,1H3,(H,14,16). The monoisotopic (exact) mass is 227 g/mol.